The molecule has 2 amide bonds. The number of amides is 2. The molecule has 1 aromatic carbocycles. The Morgan fingerprint density at radius 1 is 1.19 bits per heavy atom. The average molecular weight is 372 g/mol. The van der Waals surface area contributed by atoms with Crippen LogP contribution in [-0.2, 0) is 22.6 Å². The normalized spacial score (nSPS) is 18.0. The van der Waals surface area contributed by atoms with Gasteiger partial charge in [0.15, 0.2) is 0 Å². The van der Waals surface area contributed by atoms with Crippen molar-refractivity contribution in [1.29, 1.82) is 0 Å². The summed E-state index contributed by atoms with van der Waals surface area (Å²) in [7, 11) is 0. The molecule has 0 spiro atoms. The number of nitrogens with zero attached hydrogens (tertiary/aromatic N) is 2. The molecule has 5 nitrogen and oxygen atoms in total. The van der Waals surface area contributed by atoms with Crippen LogP contribution in [0.5, 0.6) is 0 Å². The van der Waals surface area contributed by atoms with Crippen molar-refractivity contribution in [3.05, 3.63) is 47.1 Å². The van der Waals surface area contributed by atoms with Crippen LogP contribution in [0.25, 0.3) is 10.9 Å². The zero-order valence-corrected chi connectivity index (χ0v) is 15.4. The van der Waals surface area contributed by atoms with Gasteiger partial charge in [0, 0.05) is 65.7 Å². The van der Waals surface area contributed by atoms with Crippen LogP contribution in [0.4, 0.5) is 0 Å². The Bertz CT molecular complexity index is 881. The second-order valence-corrected chi connectivity index (χ2v) is 7.52. The summed E-state index contributed by atoms with van der Waals surface area (Å²) in [6.45, 7) is 6.15. The minimum atomic E-state index is -0.0471. The van der Waals surface area contributed by atoms with Gasteiger partial charge in [0.25, 0.3) is 0 Å². The van der Waals surface area contributed by atoms with Crippen LogP contribution in [0.15, 0.2) is 30.9 Å². The number of aromatic amines is 1. The van der Waals surface area contributed by atoms with Crippen molar-refractivity contribution in [2.45, 2.75) is 25.8 Å². The average Bonchev–Trinajstić information content (AvgIpc) is 3.04. The Hall–Kier alpha value is -2.27. The first-order valence-corrected chi connectivity index (χ1v) is 9.43. The van der Waals surface area contributed by atoms with Crippen LogP contribution >= 0.6 is 11.6 Å². The van der Waals surface area contributed by atoms with Crippen molar-refractivity contribution in [3.63, 3.8) is 0 Å². The maximum atomic E-state index is 13.0. The summed E-state index contributed by atoms with van der Waals surface area (Å²) in [6, 6.07) is 5.85. The molecule has 26 heavy (non-hydrogen) atoms. The number of hydrogen-bond donors (Lipinski definition) is 1. The van der Waals surface area contributed by atoms with Crippen molar-refractivity contribution < 1.29 is 9.59 Å². The first-order chi connectivity index (χ1) is 12.6. The summed E-state index contributed by atoms with van der Waals surface area (Å²) >= 11 is 6.16. The molecule has 2 aliphatic rings. The zero-order chi connectivity index (χ0) is 18.3. The summed E-state index contributed by atoms with van der Waals surface area (Å²) in [4.78, 5) is 31.9. The molecule has 0 unspecified atom stereocenters. The molecule has 6 heteroatoms. The van der Waals surface area contributed by atoms with E-state index in [2.05, 4.69) is 11.6 Å². The Balaban J connectivity index is 1.48. The number of hydrogen-bond acceptors (Lipinski definition) is 2. The van der Waals surface area contributed by atoms with E-state index in [0.29, 0.717) is 24.7 Å². The van der Waals surface area contributed by atoms with Gasteiger partial charge in [0.2, 0.25) is 11.8 Å². The maximum Gasteiger partial charge on any atom is 0.245 e. The highest BCUT2D eigenvalue weighted by Crippen LogP contribution is 2.31. The number of aromatic nitrogens is 1. The number of halogens is 1. The summed E-state index contributed by atoms with van der Waals surface area (Å²) < 4.78 is 0. The van der Waals surface area contributed by atoms with E-state index in [-0.39, 0.29) is 17.7 Å². The van der Waals surface area contributed by atoms with Gasteiger partial charge in [-0.05, 0) is 37.1 Å². The molecular weight excluding hydrogens is 350 g/mol. The number of benzene rings is 1. The lowest BCUT2D eigenvalue weighted by Crippen LogP contribution is -2.45. The summed E-state index contributed by atoms with van der Waals surface area (Å²) in [5.41, 5.74) is 3.46. The van der Waals surface area contributed by atoms with Gasteiger partial charge in [-0.2, -0.15) is 0 Å². The lowest BCUT2D eigenvalue weighted by molar-refractivity contribution is -0.140. The number of fused-ring (bicyclic) bond motifs is 3. The number of carbonyl (C=O) groups is 2. The van der Waals surface area contributed by atoms with Gasteiger partial charge in [-0.3, -0.25) is 9.59 Å². The third kappa shape index (κ3) is 3.01. The molecule has 0 bridgehead atoms. The number of piperidine rings is 1. The van der Waals surface area contributed by atoms with Crippen molar-refractivity contribution in [1.82, 2.24) is 14.8 Å². The highest BCUT2D eigenvalue weighted by Gasteiger charge is 2.32. The Morgan fingerprint density at radius 2 is 1.96 bits per heavy atom. The predicted molar refractivity (Wildman–Crippen MR) is 102 cm³/mol. The molecule has 0 aliphatic carbocycles. The molecule has 4 rings (SSSR count). The van der Waals surface area contributed by atoms with E-state index >= 15 is 0 Å². The van der Waals surface area contributed by atoms with Gasteiger partial charge >= 0.3 is 0 Å². The maximum absolute atomic E-state index is 13.0. The Morgan fingerprint density at radius 3 is 2.69 bits per heavy atom. The predicted octanol–water partition coefficient (Wildman–Crippen LogP) is 3.13. The third-order valence-electron chi connectivity index (χ3n) is 5.58. The van der Waals surface area contributed by atoms with E-state index in [9.17, 15) is 9.59 Å². The van der Waals surface area contributed by atoms with Crippen LogP contribution in [-0.4, -0.2) is 46.2 Å². The van der Waals surface area contributed by atoms with E-state index in [1.165, 1.54) is 17.3 Å². The van der Waals surface area contributed by atoms with Crippen LogP contribution in [0.3, 0.4) is 0 Å². The second kappa shape index (κ2) is 6.80. The van der Waals surface area contributed by atoms with E-state index in [1.807, 2.05) is 23.1 Å². The third-order valence-corrected chi connectivity index (χ3v) is 5.81. The lowest BCUT2D eigenvalue weighted by Gasteiger charge is -2.35. The fraction of sp³-hybridized carbons (Fsp3) is 0.400. The van der Waals surface area contributed by atoms with Gasteiger partial charge in [0.05, 0.1) is 0 Å². The van der Waals surface area contributed by atoms with Crippen molar-refractivity contribution in [2.24, 2.45) is 5.92 Å². The molecular formula is C20H22ClN3O2. The van der Waals surface area contributed by atoms with E-state index in [1.54, 1.807) is 4.90 Å². The van der Waals surface area contributed by atoms with Gasteiger partial charge in [0.1, 0.15) is 0 Å². The van der Waals surface area contributed by atoms with Crippen LogP contribution in [0.2, 0.25) is 5.02 Å². The number of rotatable bonds is 2. The Kier molecular flexibility index (Phi) is 4.49. The highest BCUT2D eigenvalue weighted by molar-refractivity contribution is 6.31. The quantitative estimate of drug-likeness (QED) is 0.824. The molecule has 1 saturated heterocycles. The first-order valence-electron chi connectivity index (χ1n) is 9.06. The fourth-order valence-corrected chi connectivity index (χ4v) is 4.28. The second-order valence-electron chi connectivity index (χ2n) is 7.09. The Labute approximate surface area is 157 Å². The molecule has 2 aromatic rings. The van der Waals surface area contributed by atoms with Crippen molar-refractivity contribution >= 4 is 34.3 Å². The van der Waals surface area contributed by atoms with Gasteiger partial charge in [-0.25, -0.2) is 0 Å². The summed E-state index contributed by atoms with van der Waals surface area (Å²) in [5, 5.41) is 1.82. The molecule has 1 N–H and O–H groups in total. The molecule has 1 aromatic heterocycles. The number of carbonyl (C=O) groups excluding carboxylic acids is 2. The monoisotopic (exact) mass is 371 g/mol. The molecule has 0 atom stereocenters. The fourth-order valence-electron chi connectivity index (χ4n) is 4.11. The molecule has 2 aliphatic heterocycles. The molecule has 0 saturated carbocycles. The number of likely N-dealkylation sites (tertiary alicyclic amines) is 1. The number of H-pyrrole nitrogens is 1. The topological polar surface area (TPSA) is 56.4 Å². The minimum absolute atomic E-state index is 0.000732. The smallest absolute Gasteiger partial charge is 0.245 e. The van der Waals surface area contributed by atoms with Crippen molar-refractivity contribution in [3.8, 4) is 0 Å². The van der Waals surface area contributed by atoms with Crippen LogP contribution < -0.4 is 0 Å². The van der Waals surface area contributed by atoms with Gasteiger partial charge in [-0.1, -0.05) is 18.2 Å². The van der Waals surface area contributed by atoms with E-state index in [0.717, 1.165) is 36.7 Å². The van der Waals surface area contributed by atoms with E-state index in [4.69, 9.17) is 11.6 Å². The van der Waals surface area contributed by atoms with Crippen molar-refractivity contribution in [2.75, 3.05) is 19.6 Å². The van der Waals surface area contributed by atoms with Gasteiger partial charge in [-0.15, -0.1) is 0 Å². The first kappa shape index (κ1) is 17.2. The van der Waals surface area contributed by atoms with E-state index < -0.39 is 0 Å². The largest absolute Gasteiger partial charge is 0.358 e. The highest BCUT2D eigenvalue weighted by atomic mass is 35.5. The lowest BCUT2D eigenvalue weighted by atomic mass is 9.93. The summed E-state index contributed by atoms with van der Waals surface area (Å²) in [5.74, 6) is 0.158. The molecule has 1 fully saturated rings. The molecule has 136 valence electrons. The van der Waals surface area contributed by atoms with Crippen LogP contribution in [0.1, 0.15) is 24.1 Å². The standard InChI is InChI=1S/C20H22ClN3O2/c1-2-19(25)23-8-5-13(6-9-23)20(26)24-10-7-18-16(12-24)15-11-14(21)3-4-17(15)22-18/h2-4,11,13,22H,1,5-10,12H2. The van der Waals surface area contributed by atoms with Crippen LogP contribution in [0, 0.1) is 5.92 Å². The van der Waals surface area contributed by atoms with Gasteiger partial charge < -0.3 is 14.8 Å². The summed E-state index contributed by atoms with van der Waals surface area (Å²) in [6.07, 6.45) is 3.63. The zero-order valence-electron chi connectivity index (χ0n) is 14.6. The molecule has 0 radical (unpaired) electrons. The SMILES string of the molecule is C=CC(=O)N1CCC(C(=O)N2CCc3[nH]c4ccc(Cl)cc4c3C2)CC1. The minimum Gasteiger partial charge on any atom is -0.358 e. The number of nitrogens with one attached hydrogen (secondary N) is 1. The molecule has 3 heterocycles.